The monoisotopic (exact) mass is 536 g/mol. The Bertz CT molecular complexity index is 1380. The van der Waals surface area contributed by atoms with E-state index in [0.29, 0.717) is 41.9 Å². The number of hydrogen-bond donors (Lipinski definition) is 1. The molecule has 198 valence electrons. The Morgan fingerprint density at radius 3 is 2.71 bits per heavy atom. The molecule has 1 aliphatic carbocycles. The number of nitrogens with zero attached hydrogens (tertiary/aromatic N) is 5. The number of methoxy groups -OCH3 is 2. The third-order valence-corrected chi connectivity index (χ3v) is 7.10. The van der Waals surface area contributed by atoms with Gasteiger partial charge in [0.25, 0.3) is 0 Å². The summed E-state index contributed by atoms with van der Waals surface area (Å²) in [6, 6.07) is 9.94. The van der Waals surface area contributed by atoms with E-state index < -0.39 is 5.97 Å². The van der Waals surface area contributed by atoms with Crippen LogP contribution in [0, 0.1) is 0 Å². The van der Waals surface area contributed by atoms with Gasteiger partial charge >= 0.3 is 5.97 Å². The molecule has 0 unspecified atom stereocenters. The molecule has 3 aromatic rings. The van der Waals surface area contributed by atoms with Crippen LogP contribution >= 0.6 is 11.6 Å². The minimum Gasteiger partial charge on any atom is -0.481 e. The quantitative estimate of drug-likeness (QED) is 0.392. The summed E-state index contributed by atoms with van der Waals surface area (Å²) < 4.78 is 10.3. The number of carbonyl (C=O) groups is 2. The van der Waals surface area contributed by atoms with E-state index in [0.717, 1.165) is 47.2 Å². The number of esters is 1. The van der Waals surface area contributed by atoms with E-state index in [1.807, 2.05) is 24.3 Å². The number of hydrogen-bond acceptors (Lipinski definition) is 8. The Labute approximate surface area is 225 Å². The van der Waals surface area contributed by atoms with Gasteiger partial charge in [-0.2, -0.15) is 4.80 Å². The molecule has 0 bridgehead atoms. The van der Waals surface area contributed by atoms with Crippen LogP contribution in [0.4, 0.5) is 0 Å². The highest BCUT2D eigenvalue weighted by atomic mass is 35.5. The van der Waals surface area contributed by atoms with Crippen LogP contribution in [0.25, 0.3) is 5.57 Å². The molecule has 10 nitrogen and oxygen atoms in total. The first-order chi connectivity index (χ1) is 18.4. The number of halogens is 1. The second kappa shape index (κ2) is 11.3. The van der Waals surface area contributed by atoms with Gasteiger partial charge in [-0.05, 0) is 60.1 Å². The van der Waals surface area contributed by atoms with E-state index >= 15 is 0 Å². The number of aryl methyl sites for hydroxylation is 2. The van der Waals surface area contributed by atoms with Gasteiger partial charge in [-0.1, -0.05) is 35.9 Å². The summed E-state index contributed by atoms with van der Waals surface area (Å²) in [4.78, 5) is 29.3. The van der Waals surface area contributed by atoms with Gasteiger partial charge in [-0.15, -0.1) is 10.2 Å². The molecule has 1 atom stereocenters. The molecule has 1 amide bonds. The summed E-state index contributed by atoms with van der Waals surface area (Å²) in [5.74, 6) is 1.27. The van der Waals surface area contributed by atoms with Crippen molar-refractivity contribution in [2.24, 2.45) is 0 Å². The lowest BCUT2D eigenvalue weighted by molar-refractivity contribution is -0.141. The van der Waals surface area contributed by atoms with Crippen LogP contribution in [0.3, 0.4) is 0 Å². The number of amides is 1. The summed E-state index contributed by atoms with van der Waals surface area (Å²) in [7, 11) is 2.96. The van der Waals surface area contributed by atoms with Gasteiger partial charge in [0, 0.05) is 35.0 Å². The maximum absolute atomic E-state index is 11.9. The molecule has 1 N–H and O–H groups in total. The summed E-state index contributed by atoms with van der Waals surface area (Å²) in [5, 5.41) is 15.7. The standard InChI is InChI=1S/C27H29ClN6O4/c1-37-26(36)15-34-32-24(31-33-34)11-7-17-5-6-18(13-22(17)28)21(14-19-8-12-25(35)29-19)23-10-9-20(16-3-4-16)27(30-23)38-2/h5-6,9-10,13-14,16,19H,3-4,7-8,11-12,15H2,1-2H3,(H,29,35)/b21-14+/t19-/m1/s1. The molecular formula is C27H29ClN6O4. The van der Waals surface area contributed by atoms with Crippen molar-refractivity contribution in [3.8, 4) is 5.88 Å². The highest BCUT2D eigenvalue weighted by Crippen LogP contribution is 2.44. The van der Waals surface area contributed by atoms with Crippen LogP contribution in [0.2, 0.25) is 5.02 Å². The van der Waals surface area contributed by atoms with Crippen molar-refractivity contribution < 1.29 is 19.1 Å². The van der Waals surface area contributed by atoms with Crippen molar-refractivity contribution in [3.05, 3.63) is 69.6 Å². The second-order valence-corrected chi connectivity index (χ2v) is 9.89. The molecule has 1 aromatic carbocycles. The van der Waals surface area contributed by atoms with Gasteiger partial charge in [0.05, 0.1) is 19.9 Å². The van der Waals surface area contributed by atoms with Gasteiger partial charge < -0.3 is 14.8 Å². The van der Waals surface area contributed by atoms with Crippen molar-refractivity contribution >= 4 is 29.1 Å². The van der Waals surface area contributed by atoms with Crippen LogP contribution in [0.15, 0.2) is 36.4 Å². The van der Waals surface area contributed by atoms with Gasteiger partial charge in [0.1, 0.15) is 0 Å². The average molecular weight is 537 g/mol. The Hall–Kier alpha value is -3.79. The molecule has 11 heteroatoms. The molecule has 1 saturated carbocycles. The lowest BCUT2D eigenvalue weighted by Crippen LogP contribution is -2.23. The highest BCUT2D eigenvalue weighted by Gasteiger charge is 2.28. The Kier molecular flexibility index (Phi) is 7.69. The smallest absolute Gasteiger partial charge is 0.329 e. The largest absolute Gasteiger partial charge is 0.481 e. The molecule has 5 rings (SSSR count). The maximum Gasteiger partial charge on any atom is 0.329 e. The minimum absolute atomic E-state index is 0.0470. The molecule has 3 heterocycles. The van der Waals surface area contributed by atoms with E-state index in [1.54, 1.807) is 7.11 Å². The third kappa shape index (κ3) is 6.02. The molecule has 0 spiro atoms. The van der Waals surface area contributed by atoms with Crippen LogP contribution in [-0.4, -0.2) is 57.3 Å². The van der Waals surface area contributed by atoms with Gasteiger partial charge in [0.2, 0.25) is 11.8 Å². The number of pyridine rings is 1. The zero-order chi connectivity index (χ0) is 26.6. The second-order valence-electron chi connectivity index (χ2n) is 9.48. The van der Waals surface area contributed by atoms with Crippen LogP contribution in [0.1, 0.15) is 59.8 Å². The van der Waals surface area contributed by atoms with Crippen molar-refractivity contribution in [1.82, 2.24) is 30.5 Å². The lowest BCUT2D eigenvalue weighted by Gasteiger charge is -2.15. The summed E-state index contributed by atoms with van der Waals surface area (Å²) in [6.45, 7) is -0.0873. The first kappa shape index (κ1) is 25.8. The van der Waals surface area contributed by atoms with E-state index in [-0.39, 0.29) is 18.5 Å². The lowest BCUT2D eigenvalue weighted by atomic mass is 9.96. The van der Waals surface area contributed by atoms with Gasteiger partial charge in [-0.3, -0.25) is 4.79 Å². The molecule has 1 saturated heterocycles. The summed E-state index contributed by atoms with van der Waals surface area (Å²) >= 11 is 6.73. The molecule has 2 aliphatic rings. The van der Waals surface area contributed by atoms with Crippen molar-refractivity contribution in [3.63, 3.8) is 0 Å². The Morgan fingerprint density at radius 2 is 2.03 bits per heavy atom. The number of benzene rings is 1. The number of rotatable bonds is 10. The zero-order valence-corrected chi connectivity index (χ0v) is 22.1. The predicted molar refractivity (Wildman–Crippen MR) is 140 cm³/mol. The fourth-order valence-electron chi connectivity index (χ4n) is 4.55. The topological polar surface area (TPSA) is 121 Å². The molecule has 2 aromatic heterocycles. The van der Waals surface area contributed by atoms with E-state index in [4.69, 9.17) is 21.3 Å². The number of tetrazole rings is 1. The fourth-order valence-corrected chi connectivity index (χ4v) is 4.83. The fraction of sp³-hybridized carbons (Fsp3) is 0.407. The number of aromatic nitrogens is 5. The van der Waals surface area contributed by atoms with Crippen molar-refractivity contribution in [2.75, 3.05) is 14.2 Å². The highest BCUT2D eigenvalue weighted by molar-refractivity contribution is 6.31. The van der Waals surface area contributed by atoms with Gasteiger partial charge in [0.15, 0.2) is 12.4 Å². The zero-order valence-electron chi connectivity index (χ0n) is 21.3. The Balaban J connectivity index is 1.38. The number of nitrogens with one attached hydrogen (secondary N) is 1. The average Bonchev–Trinajstić information content (AvgIpc) is 3.54. The van der Waals surface area contributed by atoms with E-state index in [2.05, 4.69) is 37.6 Å². The van der Waals surface area contributed by atoms with Crippen molar-refractivity contribution in [1.29, 1.82) is 0 Å². The van der Waals surface area contributed by atoms with Crippen LogP contribution in [-0.2, 0) is 33.7 Å². The number of carbonyl (C=O) groups excluding carboxylic acids is 2. The third-order valence-electron chi connectivity index (χ3n) is 6.75. The van der Waals surface area contributed by atoms with E-state index in [9.17, 15) is 9.59 Å². The molecule has 1 aliphatic heterocycles. The predicted octanol–water partition coefficient (Wildman–Crippen LogP) is 3.28. The minimum atomic E-state index is -0.442. The molecule has 0 radical (unpaired) electrons. The summed E-state index contributed by atoms with van der Waals surface area (Å²) in [6.07, 6.45) is 6.71. The molecule has 2 fully saturated rings. The maximum atomic E-state index is 11.9. The first-order valence-corrected chi connectivity index (χ1v) is 13.0. The molecular weight excluding hydrogens is 508 g/mol. The molecule has 38 heavy (non-hydrogen) atoms. The van der Waals surface area contributed by atoms with Crippen LogP contribution < -0.4 is 10.1 Å². The SMILES string of the molecule is COC(=O)Cn1nnc(CCc2ccc(/C(=C\[C@H]3CCC(=O)N3)c3ccc(C4CC4)c(OC)n3)cc2Cl)n1. The first-order valence-electron chi connectivity index (χ1n) is 12.6. The van der Waals surface area contributed by atoms with E-state index in [1.165, 1.54) is 11.9 Å². The number of ether oxygens (including phenoxy) is 2. The Morgan fingerprint density at radius 1 is 1.18 bits per heavy atom. The van der Waals surface area contributed by atoms with Crippen molar-refractivity contribution in [2.45, 2.75) is 57.0 Å². The van der Waals surface area contributed by atoms with Gasteiger partial charge in [-0.25, -0.2) is 9.78 Å². The normalized spacial score (nSPS) is 17.4. The van der Waals surface area contributed by atoms with Crippen LogP contribution in [0.5, 0.6) is 5.88 Å². The summed E-state index contributed by atoms with van der Waals surface area (Å²) in [5.41, 5.74) is 4.62.